The highest BCUT2D eigenvalue weighted by molar-refractivity contribution is 6.65. The number of aliphatic hydroxyl groups excluding tert-OH is 8. The summed E-state index contributed by atoms with van der Waals surface area (Å²) in [6.07, 6.45) is -42.2. The van der Waals surface area contributed by atoms with Crippen molar-refractivity contribution in [2.45, 2.75) is 136 Å². The Morgan fingerprint density at radius 3 is 1.32 bits per heavy atom. The van der Waals surface area contributed by atoms with Crippen LogP contribution in [-0.4, -0.2) is 255 Å². The maximum Gasteiger partial charge on any atom is 0.532 e. The normalized spacial score (nSPS) is 45.5. The third-order valence-electron chi connectivity index (χ3n) is 12.4. The molecule has 7 heterocycles. The molecule has 0 bridgehead atoms. The summed E-state index contributed by atoms with van der Waals surface area (Å²) in [6.45, 7) is -16.9. The van der Waals surface area contributed by atoms with E-state index in [1.807, 2.05) is 0 Å². The van der Waals surface area contributed by atoms with Crippen molar-refractivity contribution in [1.29, 1.82) is 0 Å². The highest BCUT2D eigenvalue weighted by Crippen LogP contribution is 2.48. The lowest BCUT2D eigenvalue weighted by Crippen LogP contribution is -2.83. The van der Waals surface area contributed by atoms with Gasteiger partial charge in [0.15, 0.2) is 0 Å². The molecule has 388 valence electrons. The van der Waals surface area contributed by atoms with Crippen molar-refractivity contribution in [2.24, 2.45) is 0 Å². The number of carbonyl (C=O) groups excluding carboxylic acids is 4. The van der Waals surface area contributed by atoms with Crippen molar-refractivity contribution in [3.8, 4) is 0 Å². The van der Waals surface area contributed by atoms with Crippen LogP contribution in [0.1, 0.15) is 0 Å². The topological polar surface area (TPSA) is 470 Å². The number of aliphatic carboxylic acids is 4. The minimum absolute atomic E-state index is 0.854. The average molecular weight is 988 g/mol. The van der Waals surface area contributed by atoms with Crippen LogP contribution in [0.4, 0.5) is 0 Å². The lowest BCUT2D eigenvalue weighted by molar-refractivity contribution is -0.354. The monoisotopic (exact) mass is 988 g/mol. The third-order valence-corrected chi connectivity index (χ3v) is 12.4. The minimum Gasteiger partial charge on any atom is -0.562 e. The largest absolute Gasteiger partial charge is 0.562 e. The van der Waals surface area contributed by atoms with Gasteiger partial charge in [0.1, 0.15) is 36.6 Å². The van der Waals surface area contributed by atoms with Crippen LogP contribution < -0.4 is 20.4 Å². The van der Waals surface area contributed by atoms with E-state index in [2.05, 4.69) is 0 Å². The zero-order chi connectivity index (χ0) is 50.0. The van der Waals surface area contributed by atoms with E-state index >= 15 is 0 Å². The van der Waals surface area contributed by atoms with Crippen LogP contribution >= 0.6 is 0 Å². The van der Waals surface area contributed by atoms with Crippen LogP contribution in [0.2, 0.25) is 13.6 Å². The molecule has 7 rings (SSSR count). The van der Waals surface area contributed by atoms with E-state index < -0.39 is 200 Å². The average Bonchev–Trinajstić information content (AvgIpc) is 3.29. The molecule has 3 spiro atoms. The van der Waals surface area contributed by atoms with Crippen LogP contribution in [0.25, 0.3) is 0 Å². The third kappa shape index (κ3) is 9.64. The van der Waals surface area contributed by atoms with E-state index in [-0.39, 0.29) is 0 Å². The summed E-state index contributed by atoms with van der Waals surface area (Å²) in [4.78, 5) is 50.4. The molecule has 7 aliphatic heterocycles. The maximum absolute atomic E-state index is 13.1. The highest BCUT2D eigenvalue weighted by Gasteiger charge is 2.66. The number of hydrogen-bond donors (Lipinski definition) is 8. The van der Waals surface area contributed by atoms with Crippen molar-refractivity contribution in [2.75, 3.05) is 40.6 Å². The molecule has 8 N–H and O–H groups in total. The van der Waals surface area contributed by atoms with Gasteiger partial charge in [-0.25, -0.2) is 0 Å². The molecule has 68 heavy (non-hydrogen) atoms. The molecule has 0 radical (unpaired) electrons. The zero-order valence-electron chi connectivity index (χ0n) is 36.1. The smallest absolute Gasteiger partial charge is 0.532 e. The van der Waals surface area contributed by atoms with Crippen molar-refractivity contribution in [3.05, 3.63) is 0 Å². The SMILES string of the molecule is COC(C(=O)[O-])C1O[B-]2(OC(C(O)CO)C1OC)OC(C(O)CO)C1O[B-]3(OC(C(=O)[O-])C4O[B-]5(OC(C(O)CO)C4O3)OC3C(CO)O[B-](C)(C)OC3C(C(O)C(=O)[O-])O5)OC(C(=O)[O-])C1O2. The zero-order valence-corrected chi connectivity index (χ0v) is 36.1. The second-order valence-electron chi connectivity index (χ2n) is 17.3. The number of carboxylic acid groups (broad SMARTS) is 4. The fraction of sp³-hybridized carbons (Fsp3) is 0.875. The minimum atomic E-state index is -4.50. The standard InChI is InChI=1S/C32H52B4O32/c1-33(2)55-12(8-40)17-22(56-33)18(13(44)29(45)46)61-35(60-17)59-16(11(43)7-39)21-25(66-35)28(32(51)52)68-36(63-21)62-20-15(10(42)6-38)58-34(65-24(20)27(67-36)31(49)50)57-14(9(41)5-37)19(53-3)23(64-34)26(54-4)30(47)48/h9-28,37-44H,5-8H2,1-4H3,(H,45,46)(H,47,48)(H,49,50)(H,51,52)/q-4/p-4. The highest BCUT2D eigenvalue weighted by atomic mass is 17.0. The molecule has 23 unspecified atom stereocenters. The van der Waals surface area contributed by atoms with Gasteiger partial charge < -0.3 is 155 Å². The molecule has 0 amide bonds. The number of rotatable bonds is 15. The lowest BCUT2D eigenvalue weighted by Gasteiger charge is -2.70. The molecule has 32 nitrogen and oxygen atoms in total. The van der Waals surface area contributed by atoms with Gasteiger partial charge in [-0.3, -0.25) is 0 Å². The fourth-order valence-corrected chi connectivity index (χ4v) is 9.57. The summed E-state index contributed by atoms with van der Waals surface area (Å²) in [6, 6.07) is 0. The van der Waals surface area contributed by atoms with Gasteiger partial charge >= 0.3 is 20.9 Å². The molecular weight excluding hydrogens is 940 g/mol. The van der Waals surface area contributed by atoms with E-state index in [9.17, 15) is 80.5 Å². The van der Waals surface area contributed by atoms with Gasteiger partial charge in [0.2, 0.25) is 6.55 Å². The summed E-state index contributed by atoms with van der Waals surface area (Å²) >= 11 is 0. The molecule has 7 saturated heterocycles. The van der Waals surface area contributed by atoms with Crippen LogP contribution in [0.5, 0.6) is 0 Å². The first kappa shape index (κ1) is 53.0. The molecule has 36 heteroatoms. The quantitative estimate of drug-likeness (QED) is 0.0706. The molecule has 0 saturated carbocycles. The predicted octanol–water partition coefficient (Wildman–Crippen LogP) is -14.1. The Kier molecular flexibility index (Phi) is 15.6. The molecule has 7 aliphatic rings. The summed E-state index contributed by atoms with van der Waals surface area (Å²) in [5.74, 6) is -8.58. The molecule has 0 aromatic rings. The first-order valence-corrected chi connectivity index (χ1v) is 21.1. The maximum atomic E-state index is 13.1. The first-order chi connectivity index (χ1) is 32.0. The lowest BCUT2D eigenvalue weighted by atomic mass is 9.61. The molecule has 0 aliphatic carbocycles. The summed E-state index contributed by atoms with van der Waals surface area (Å²) in [7, 11) is 1.91. The van der Waals surface area contributed by atoms with Gasteiger partial charge in [-0.1, -0.05) is 0 Å². The Bertz CT molecular complexity index is 1860. The number of aliphatic hydroxyl groups is 8. The van der Waals surface area contributed by atoms with Gasteiger partial charge in [-0.2, -0.15) is 0 Å². The van der Waals surface area contributed by atoms with Gasteiger partial charge in [-0.05, 0) is 0 Å². The van der Waals surface area contributed by atoms with E-state index in [1.165, 1.54) is 13.6 Å². The van der Waals surface area contributed by atoms with Crippen LogP contribution in [-0.2, 0) is 93.8 Å². The predicted molar refractivity (Wildman–Crippen MR) is 197 cm³/mol. The number of carboxylic acids is 4. The van der Waals surface area contributed by atoms with Gasteiger partial charge in [0, 0.05) is 14.2 Å². The summed E-state index contributed by atoms with van der Waals surface area (Å²) in [5, 5.41) is 135. The number of fused-ring (bicyclic) bond motifs is 3. The van der Waals surface area contributed by atoms with E-state index in [4.69, 9.17) is 74.6 Å². The molecular formula is C32H48B4O32-8. The Morgan fingerprint density at radius 1 is 0.500 bits per heavy atom. The molecule has 0 aromatic carbocycles. The second-order valence-corrected chi connectivity index (χ2v) is 17.3. The number of ether oxygens (including phenoxy) is 2. The Hall–Kier alpha value is -2.82. The Labute approximate surface area is 382 Å². The van der Waals surface area contributed by atoms with Gasteiger partial charge in [0.25, 0.3) is 0 Å². The number of carbonyl (C=O) groups is 4. The number of hydrogen-bond acceptors (Lipinski definition) is 32. The Balaban J connectivity index is 1.26. The molecule has 0 aromatic heterocycles. The van der Waals surface area contributed by atoms with Crippen molar-refractivity contribution in [3.63, 3.8) is 0 Å². The van der Waals surface area contributed by atoms with Crippen LogP contribution in [0.15, 0.2) is 0 Å². The molecule has 7 fully saturated rings. The van der Waals surface area contributed by atoms with Crippen LogP contribution in [0.3, 0.4) is 0 Å². The summed E-state index contributed by atoms with van der Waals surface area (Å²) in [5.41, 5.74) is 0. The fourth-order valence-electron chi connectivity index (χ4n) is 9.57. The Morgan fingerprint density at radius 2 is 0.897 bits per heavy atom. The van der Waals surface area contributed by atoms with Crippen LogP contribution in [0, 0.1) is 0 Å². The van der Waals surface area contributed by atoms with E-state index in [1.54, 1.807) is 0 Å². The number of methoxy groups -OCH3 is 2. The van der Waals surface area contributed by atoms with E-state index in [0.717, 1.165) is 14.2 Å². The van der Waals surface area contributed by atoms with Crippen molar-refractivity contribution >= 4 is 51.3 Å². The van der Waals surface area contributed by atoms with Gasteiger partial charge in [-0.15, -0.1) is 13.6 Å². The first-order valence-electron chi connectivity index (χ1n) is 21.1. The summed E-state index contributed by atoms with van der Waals surface area (Å²) < 4.78 is 91.8. The van der Waals surface area contributed by atoms with Crippen molar-refractivity contribution < 1.29 is 155 Å². The molecule has 23 atom stereocenters. The second kappa shape index (κ2) is 20.0. The van der Waals surface area contributed by atoms with Crippen molar-refractivity contribution in [1.82, 2.24) is 0 Å². The van der Waals surface area contributed by atoms with E-state index in [0.29, 0.717) is 0 Å². The van der Waals surface area contributed by atoms with Gasteiger partial charge in [0.05, 0.1) is 136 Å².